The number of hydrogen-bond acceptors (Lipinski definition) is 7. The molecule has 0 radical (unpaired) electrons. The van der Waals surface area contributed by atoms with Crippen molar-refractivity contribution in [1.82, 2.24) is 24.8 Å². The summed E-state index contributed by atoms with van der Waals surface area (Å²) in [5.41, 5.74) is 4.72. The van der Waals surface area contributed by atoms with Crippen LogP contribution in [0.25, 0.3) is 0 Å². The number of ether oxygens (including phenoxy) is 1. The Morgan fingerprint density at radius 3 is 2.16 bits per heavy atom. The molecular formula is C34H43ClN6O2. The Morgan fingerprint density at radius 2 is 1.60 bits per heavy atom. The number of halogens is 1. The second kappa shape index (κ2) is 13.9. The number of aliphatic hydroxyl groups is 1. The molecule has 3 aromatic carbocycles. The molecule has 1 unspecified atom stereocenters. The zero-order valence-corrected chi connectivity index (χ0v) is 26.4. The van der Waals surface area contributed by atoms with Gasteiger partial charge >= 0.3 is 0 Å². The number of likely N-dealkylation sites (N-methyl/N-ethyl adjacent to an activating group) is 1. The summed E-state index contributed by atoms with van der Waals surface area (Å²) in [5, 5.41) is 21.4. The topological polar surface area (TPSA) is 69.9 Å². The first-order valence-electron chi connectivity index (χ1n) is 15.0. The predicted octanol–water partition coefficient (Wildman–Crippen LogP) is 5.08. The van der Waals surface area contributed by atoms with Crippen LogP contribution in [-0.2, 0) is 24.9 Å². The number of benzene rings is 3. The van der Waals surface area contributed by atoms with Gasteiger partial charge in [-0.05, 0) is 55.8 Å². The summed E-state index contributed by atoms with van der Waals surface area (Å²) < 4.78 is 7.57. The van der Waals surface area contributed by atoms with E-state index in [9.17, 15) is 5.11 Å². The highest BCUT2D eigenvalue weighted by molar-refractivity contribution is 6.32. The highest BCUT2D eigenvalue weighted by atomic mass is 35.5. The number of nitrogens with zero attached hydrogens (tertiary/aromatic N) is 6. The molecule has 1 aliphatic rings. The highest BCUT2D eigenvalue weighted by Crippen LogP contribution is 2.40. The molecule has 8 nitrogen and oxygen atoms in total. The lowest BCUT2D eigenvalue weighted by atomic mass is 9.70. The number of aryl methyl sites for hydroxylation is 2. The van der Waals surface area contributed by atoms with Crippen molar-refractivity contribution in [3.05, 3.63) is 106 Å². The van der Waals surface area contributed by atoms with Gasteiger partial charge in [0.25, 0.3) is 0 Å². The SMILES string of the molecule is CCc1cc(Cl)c(OC)c(N2CCN(Cc3cn(CCC(c4ccccc4)(c4ccccc4)C(O)N(C)C)nn3)CC2)c1. The normalized spacial score (nSPS) is 15.2. The van der Waals surface area contributed by atoms with Crippen LogP contribution >= 0.6 is 11.6 Å². The van der Waals surface area contributed by atoms with Crippen molar-refractivity contribution >= 4 is 17.3 Å². The first-order chi connectivity index (χ1) is 20.8. The molecule has 1 atom stereocenters. The van der Waals surface area contributed by atoms with Gasteiger partial charge in [0, 0.05) is 45.5 Å². The summed E-state index contributed by atoms with van der Waals surface area (Å²) in [6.07, 6.45) is 2.90. The van der Waals surface area contributed by atoms with Gasteiger partial charge in [-0.1, -0.05) is 84.4 Å². The largest absolute Gasteiger partial charge is 0.493 e. The van der Waals surface area contributed by atoms with Gasteiger partial charge in [-0.15, -0.1) is 5.10 Å². The molecule has 228 valence electrons. The predicted molar refractivity (Wildman–Crippen MR) is 173 cm³/mol. The molecule has 0 aliphatic carbocycles. The monoisotopic (exact) mass is 602 g/mol. The van der Waals surface area contributed by atoms with Crippen LogP contribution in [0.3, 0.4) is 0 Å². The Hall–Kier alpha value is -3.43. The van der Waals surface area contributed by atoms with Gasteiger partial charge < -0.3 is 14.7 Å². The van der Waals surface area contributed by atoms with E-state index in [1.165, 1.54) is 5.56 Å². The molecule has 43 heavy (non-hydrogen) atoms. The number of rotatable bonds is 12. The Morgan fingerprint density at radius 1 is 0.977 bits per heavy atom. The molecule has 1 fully saturated rings. The Balaban J connectivity index is 1.28. The molecule has 0 amide bonds. The van der Waals surface area contributed by atoms with Gasteiger partial charge in [-0.3, -0.25) is 14.5 Å². The van der Waals surface area contributed by atoms with Crippen molar-refractivity contribution in [3.8, 4) is 5.75 Å². The van der Waals surface area contributed by atoms with Gasteiger partial charge in [-0.2, -0.15) is 0 Å². The molecule has 2 heterocycles. The van der Waals surface area contributed by atoms with Crippen LogP contribution in [-0.4, -0.2) is 83.5 Å². The maximum atomic E-state index is 11.7. The summed E-state index contributed by atoms with van der Waals surface area (Å²) in [7, 11) is 5.52. The van der Waals surface area contributed by atoms with Crippen molar-refractivity contribution in [2.75, 3.05) is 52.3 Å². The van der Waals surface area contributed by atoms with Gasteiger partial charge in [-0.25, -0.2) is 0 Å². The van der Waals surface area contributed by atoms with Gasteiger partial charge in [0.1, 0.15) is 6.23 Å². The zero-order valence-electron chi connectivity index (χ0n) is 25.7. The fourth-order valence-electron chi connectivity index (χ4n) is 6.26. The first-order valence-corrected chi connectivity index (χ1v) is 15.4. The van der Waals surface area contributed by atoms with Crippen molar-refractivity contribution in [3.63, 3.8) is 0 Å². The molecule has 9 heteroatoms. The zero-order chi connectivity index (χ0) is 30.4. The van der Waals surface area contributed by atoms with Crippen LogP contribution in [0.2, 0.25) is 5.02 Å². The van der Waals surface area contributed by atoms with Crippen LogP contribution < -0.4 is 9.64 Å². The van der Waals surface area contributed by atoms with E-state index in [4.69, 9.17) is 16.3 Å². The summed E-state index contributed by atoms with van der Waals surface area (Å²) in [6.45, 7) is 7.07. The van der Waals surface area contributed by atoms with Crippen LogP contribution in [0.1, 0.15) is 35.7 Å². The third-order valence-corrected chi connectivity index (χ3v) is 8.90. The van der Waals surface area contributed by atoms with E-state index in [-0.39, 0.29) is 0 Å². The van der Waals surface area contributed by atoms with Crippen molar-refractivity contribution < 1.29 is 9.84 Å². The molecule has 0 bridgehead atoms. The van der Waals surface area contributed by atoms with Gasteiger partial charge in [0.15, 0.2) is 5.75 Å². The van der Waals surface area contributed by atoms with Crippen molar-refractivity contribution in [1.29, 1.82) is 0 Å². The number of anilines is 1. The molecule has 4 aromatic rings. The second-order valence-electron chi connectivity index (χ2n) is 11.5. The van der Waals surface area contributed by atoms with E-state index in [1.807, 2.05) is 72.3 Å². The Bertz CT molecular complexity index is 1420. The van der Waals surface area contributed by atoms with E-state index in [0.717, 1.165) is 67.4 Å². The molecule has 1 aromatic heterocycles. The summed E-state index contributed by atoms with van der Waals surface area (Å²) in [4.78, 5) is 6.66. The summed E-state index contributed by atoms with van der Waals surface area (Å²) >= 11 is 6.53. The molecule has 1 saturated heterocycles. The van der Waals surface area contributed by atoms with Crippen LogP contribution in [0.15, 0.2) is 79.0 Å². The molecule has 0 spiro atoms. The number of aromatic nitrogens is 3. The van der Waals surface area contributed by atoms with E-state index in [2.05, 4.69) is 57.4 Å². The average molecular weight is 603 g/mol. The van der Waals surface area contributed by atoms with E-state index >= 15 is 0 Å². The van der Waals surface area contributed by atoms with Gasteiger partial charge in [0.2, 0.25) is 0 Å². The van der Waals surface area contributed by atoms with E-state index < -0.39 is 11.6 Å². The molecule has 5 rings (SSSR count). The Kier molecular flexibility index (Phi) is 10.0. The van der Waals surface area contributed by atoms with Gasteiger partial charge in [0.05, 0.1) is 28.9 Å². The number of aliphatic hydroxyl groups excluding tert-OH is 1. The molecule has 0 saturated carbocycles. The quantitative estimate of drug-likeness (QED) is 0.227. The van der Waals surface area contributed by atoms with Crippen LogP contribution in [0, 0.1) is 0 Å². The third-order valence-electron chi connectivity index (χ3n) is 8.62. The molecular weight excluding hydrogens is 560 g/mol. The van der Waals surface area contributed by atoms with Crippen molar-refractivity contribution in [2.24, 2.45) is 0 Å². The maximum Gasteiger partial charge on any atom is 0.160 e. The van der Waals surface area contributed by atoms with E-state index in [0.29, 0.717) is 18.0 Å². The third kappa shape index (κ3) is 6.73. The second-order valence-corrected chi connectivity index (χ2v) is 11.9. The number of hydrogen-bond donors (Lipinski definition) is 1. The Labute approximate surface area is 260 Å². The minimum absolute atomic E-state index is 0.615. The summed E-state index contributed by atoms with van der Waals surface area (Å²) in [6, 6.07) is 24.8. The standard InChI is InChI=1S/C34H43ClN6O2/c1-5-26-22-30(35)32(43-4)31(23-26)40-20-18-39(19-21-40)24-29-25-41(37-36-29)17-16-34(33(42)38(2)3,27-12-8-6-9-13-27)28-14-10-7-11-15-28/h6-15,22-23,25,33,42H,5,16-21,24H2,1-4H3. The van der Waals surface area contributed by atoms with Crippen molar-refractivity contribution in [2.45, 2.75) is 44.5 Å². The lowest BCUT2D eigenvalue weighted by Gasteiger charge is -2.42. The fraction of sp³-hybridized carbons (Fsp3) is 0.412. The number of piperazine rings is 1. The smallest absolute Gasteiger partial charge is 0.160 e. The lowest BCUT2D eigenvalue weighted by Crippen LogP contribution is -2.49. The number of methoxy groups -OCH3 is 1. The molecule has 1 aliphatic heterocycles. The minimum atomic E-state index is -0.733. The average Bonchev–Trinajstić information content (AvgIpc) is 3.49. The minimum Gasteiger partial charge on any atom is -0.493 e. The maximum absolute atomic E-state index is 11.7. The summed E-state index contributed by atoms with van der Waals surface area (Å²) in [5.74, 6) is 0.747. The van der Waals surface area contributed by atoms with Crippen LogP contribution in [0.4, 0.5) is 5.69 Å². The highest BCUT2D eigenvalue weighted by Gasteiger charge is 2.42. The van der Waals surface area contributed by atoms with E-state index in [1.54, 1.807) is 7.11 Å². The fourth-order valence-corrected chi connectivity index (χ4v) is 6.57. The lowest BCUT2D eigenvalue weighted by molar-refractivity contribution is -0.0194. The van der Waals surface area contributed by atoms with Crippen LogP contribution in [0.5, 0.6) is 5.75 Å². The first kappa shape index (κ1) is 31.0. The molecule has 1 N–H and O–H groups in total.